The topological polar surface area (TPSA) is 106 Å². The molecule has 0 aliphatic carbocycles. The molecule has 0 bridgehead atoms. The van der Waals surface area contributed by atoms with Gasteiger partial charge in [0.25, 0.3) is 0 Å². The Morgan fingerprint density at radius 3 is 2.37 bits per heavy atom. The van der Waals surface area contributed by atoms with Crippen LogP contribution < -0.4 is 15.1 Å². The monoisotopic (exact) mass is 539 g/mol. The molecule has 0 N–H and O–H groups in total. The lowest BCUT2D eigenvalue weighted by atomic mass is 10.0. The number of hydrogen-bond acceptors (Lipinski definition) is 9. The smallest absolute Gasteiger partial charge is 0.475 e. The van der Waals surface area contributed by atoms with Crippen molar-refractivity contribution in [1.82, 2.24) is 4.98 Å². The maximum absolute atomic E-state index is 12.8. The van der Waals surface area contributed by atoms with E-state index in [0.717, 1.165) is 0 Å². The Morgan fingerprint density at radius 1 is 0.974 bits per heavy atom. The number of carbonyl (C=O) groups is 1. The average molecular weight is 540 g/mol. The predicted molar refractivity (Wildman–Crippen MR) is 130 cm³/mol. The summed E-state index contributed by atoms with van der Waals surface area (Å²) in [4.78, 5) is 27.6. The van der Waals surface area contributed by atoms with Gasteiger partial charge in [-0.2, -0.15) is 0 Å². The molecule has 0 saturated carbocycles. The van der Waals surface area contributed by atoms with Crippen LogP contribution >= 0.6 is 0 Å². The molecule has 38 heavy (non-hydrogen) atoms. The van der Waals surface area contributed by atoms with Crippen molar-refractivity contribution < 1.29 is 46.1 Å². The third kappa shape index (κ3) is 8.73. The number of benzene rings is 1. The molecule has 12 heteroatoms. The van der Waals surface area contributed by atoms with Crippen molar-refractivity contribution >= 4 is 16.9 Å². The van der Waals surface area contributed by atoms with Gasteiger partial charge in [0.05, 0.1) is 38.2 Å². The zero-order chi connectivity index (χ0) is 27.5. The summed E-state index contributed by atoms with van der Waals surface area (Å²) < 4.78 is 69.1. The predicted octanol–water partition coefficient (Wildman–Crippen LogP) is 4.68. The van der Waals surface area contributed by atoms with Crippen molar-refractivity contribution in [2.24, 2.45) is 0 Å². The highest BCUT2D eigenvalue weighted by atomic mass is 19.4. The quantitative estimate of drug-likeness (QED) is 0.213. The zero-order valence-corrected chi connectivity index (χ0v) is 21.0. The van der Waals surface area contributed by atoms with Crippen molar-refractivity contribution in [2.75, 3.05) is 39.6 Å². The van der Waals surface area contributed by atoms with Crippen LogP contribution in [0.1, 0.15) is 25.8 Å². The van der Waals surface area contributed by atoms with Crippen LogP contribution in [0.15, 0.2) is 45.7 Å². The van der Waals surface area contributed by atoms with Crippen molar-refractivity contribution in [3.8, 4) is 22.8 Å². The Kier molecular flexibility index (Phi) is 10.5. The number of nitrogens with zero attached hydrogens (tertiary/aromatic N) is 1. The van der Waals surface area contributed by atoms with E-state index in [4.69, 9.17) is 23.4 Å². The number of fused-ring (bicyclic) bond motifs is 1. The molecule has 2 aromatic heterocycles. The lowest BCUT2D eigenvalue weighted by Gasteiger charge is -2.14. The maximum atomic E-state index is 12.8. The largest absolute Gasteiger partial charge is 0.573 e. The molecule has 2 heterocycles. The second-order valence-corrected chi connectivity index (χ2v) is 7.88. The second kappa shape index (κ2) is 13.8. The van der Waals surface area contributed by atoms with Gasteiger partial charge >= 0.3 is 18.0 Å². The van der Waals surface area contributed by atoms with E-state index < -0.39 is 12.0 Å². The molecule has 3 aromatic rings. The molecule has 0 radical (unpaired) electrons. The van der Waals surface area contributed by atoms with Gasteiger partial charge in [0.1, 0.15) is 19.0 Å². The Labute approximate surface area is 216 Å². The van der Waals surface area contributed by atoms with Gasteiger partial charge in [-0.1, -0.05) is 26.0 Å². The van der Waals surface area contributed by atoms with Gasteiger partial charge in [-0.25, -0.2) is 9.78 Å². The van der Waals surface area contributed by atoms with E-state index in [0.29, 0.717) is 37.0 Å². The van der Waals surface area contributed by atoms with E-state index in [1.807, 2.05) is 0 Å². The van der Waals surface area contributed by atoms with Crippen LogP contribution in [0, 0.1) is 0 Å². The van der Waals surface area contributed by atoms with Crippen LogP contribution in [0.25, 0.3) is 22.1 Å². The summed E-state index contributed by atoms with van der Waals surface area (Å²) in [5.41, 5.74) is 0.102. The zero-order valence-electron chi connectivity index (χ0n) is 21.0. The van der Waals surface area contributed by atoms with Gasteiger partial charge in [0.15, 0.2) is 5.58 Å². The molecule has 0 aliphatic heterocycles. The highest BCUT2D eigenvalue weighted by molar-refractivity contribution is 5.82. The SMILES string of the molecule is CCC(=O)OCCOCCOCCOc1cc2cc(-c3ccc(CC)c(OC(F)(F)F)c3)c(=O)oc2cn1. The number of aryl methyl sites for hydroxylation is 1. The first-order valence-corrected chi connectivity index (χ1v) is 12.0. The molecule has 0 fully saturated rings. The Bertz CT molecular complexity index is 1280. The molecule has 3 rings (SSSR count). The van der Waals surface area contributed by atoms with Crippen LogP contribution in [0.2, 0.25) is 0 Å². The summed E-state index contributed by atoms with van der Waals surface area (Å²) in [6.07, 6.45) is -2.90. The van der Waals surface area contributed by atoms with E-state index in [2.05, 4.69) is 9.72 Å². The fourth-order valence-electron chi connectivity index (χ4n) is 3.36. The molecular weight excluding hydrogens is 511 g/mol. The van der Waals surface area contributed by atoms with E-state index in [1.54, 1.807) is 19.9 Å². The number of ether oxygens (including phenoxy) is 5. The summed E-state index contributed by atoms with van der Waals surface area (Å²) in [6, 6.07) is 7.24. The number of rotatable bonds is 14. The lowest BCUT2D eigenvalue weighted by molar-refractivity contribution is -0.274. The van der Waals surface area contributed by atoms with Gasteiger partial charge in [0, 0.05) is 17.9 Å². The van der Waals surface area contributed by atoms with Crippen molar-refractivity contribution in [3.63, 3.8) is 0 Å². The third-order valence-corrected chi connectivity index (χ3v) is 5.21. The normalized spacial score (nSPS) is 11.5. The van der Waals surface area contributed by atoms with Gasteiger partial charge in [-0.3, -0.25) is 4.79 Å². The fourth-order valence-corrected chi connectivity index (χ4v) is 3.36. The highest BCUT2D eigenvalue weighted by Crippen LogP contribution is 2.32. The molecule has 0 atom stereocenters. The van der Waals surface area contributed by atoms with Crippen LogP contribution in [0.3, 0.4) is 0 Å². The van der Waals surface area contributed by atoms with E-state index in [1.165, 1.54) is 30.5 Å². The van der Waals surface area contributed by atoms with Crippen LogP contribution in [-0.2, 0) is 25.4 Å². The highest BCUT2D eigenvalue weighted by Gasteiger charge is 2.32. The number of esters is 1. The minimum Gasteiger partial charge on any atom is -0.475 e. The van der Waals surface area contributed by atoms with Crippen LogP contribution in [0.4, 0.5) is 13.2 Å². The third-order valence-electron chi connectivity index (χ3n) is 5.21. The van der Waals surface area contributed by atoms with Gasteiger partial charge in [-0.05, 0) is 29.7 Å². The number of carbonyl (C=O) groups excluding carboxylic acids is 1. The summed E-state index contributed by atoms with van der Waals surface area (Å²) in [7, 11) is 0. The Morgan fingerprint density at radius 2 is 1.68 bits per heavy atom. The van der Waals surface area contributed by atoms with E-state index in [-0.39, 0.29) is 60.7 Å². The molecular formula is C26H28F3NO8. The molecule has 0 aliphatic rings. The van der Waals surface area contributed by atoms with Crippen molar-refractivity contribution in [3.05, 3.63) is 52.5 Å². The van der Waals surface area contributed by atoms with Crippen molar-refractivity contribution in [2.45, 2.75) is 33.1 Å². The first-order chi connectivity index (χ1) is 18.2. The molecule has 0 saturated heterocycles. The molecule has 1 aromatic carbocycles. The lowest BCUT2D eigenvalue weighted by Crippen LogP contribution is -2.18. The number of aromatic nitrogens is 1. The standard InChI is InChI=1S/C26H28F3NO8/c1-3-17-5-6-18(14-21(17)38-26(27,28)29)20-13-19-15-23(30-16-22(19)37-25(20)32)35-11-9-33-7-8-34-10-12-36-24(31)4-2/h5-6,13-16H,3-4,7-12H2,1-2H3. The summed E-state index contributed by atoms with van der Waals surface area (Å²) in [5, 5.41) is 0.473. The van der Waals surface area contributed by atoms with Gasteiger partial charge in [0.2, 0.25) is 5.88 Å². The van der Waals surface area contributed by atoms with Crippen LogP contribution in [-0.4, -0.2) is 57.0 Å². The van der Waals surface area contributed by atoms with Gasteiger partial charge < -0.3 is 28.1 Å². The molecule has 0 spiro atoms. The summed E-state index contributed by atoms with van der Waals surface area (Å²) in [5.74, 6) is -0.406. The van der Waals surface area contributed by atoms with Crippen LogP contribution in [0.5, 0.6) is 11.6 Å². The number of halogens is 3. The minimum absolute atomic E-state index is 0.0668. The molecule has 9 nitrogen and oxygen atoms in total. The number of alkyl halides is 3. The number of hydrogen-bond donors (Lipinski definition) is 0. The van der Waals surface area contributed by atoms with Gasteiger partial charge in [-0.15, -0.1) is 13.2 Å². The Balaban J connectivity index is 1.58. The average Bonchev–Trinajstić information content (AvgIpc) is 2.88. The first-order valence-electron chi connectivity index (χ1n) is 12.0. The summed E-state index contributed by atoms with van der Waals surface area (Å²) in [6.45, 7) is 4.98. The number of pyridine rings is 1. The first kappa shape index (κ1) is 28.9. The maximum Gasteiger partial charge on any atom is 0.573 e. The van der Waals surface area contributed by atoms with Crippen molar-refractivity contribution in [1.29, 1.82) is 0 Å². The van der Waals surface area contributed by atoms with E-state index >= 15 is 0 Å². The Hall–Kier alpha value is -3.64. The molecule has 206 valence electrons. The second-order valence-electron chi connectivity index (χ2n) is 7.88. The molecule has 0 amide bonds. The minimum atomic E-state index is -4.86. The molecule has 0 unspecified atom stereocenters. The fraction of sp³-hybridized carbons (Fsp3) is 0.423. The summed E-state index contributed by atoms with van der Waals surface area (Å²) >= 11 is 0. The van der Waals surface area contributed by atoms with E-state index in [9.17, 15) is 22.8 Å².